The molecule has 0 unspecified atom stereocenters. The fourth-order valence-corrected chi connectivity index (χ4v) is 3.68. The van der Waals surface area contributed by atoms with E-state index >= 15 is 0 Å². The summed E-state index contributed by atoms with van der Waals surface area (Å²) in [7, 11) is 0. The van der Waals surface area contributed by atoms with Gasteiger partial charge in [0, 0.05) is 5.69 Å². The first-order chi connectivity index (χ1) is 14.8. The van der Waals surface area contributed by atoms with Crippen molar-refractivity contribution in [1.82, 2.24) is 15.0 Å². The number of carbonyl (C=O) groups is 1. The molecular weight excluding hydrogens is 419 g/mol. The number of halogens is 2. The maximum Gasteiger partial charge on any atom is 0.262 e. The maximum absolute atomic E-state index is 13.2. The molecule has 0 saturated heterocycles. The van der Waals surface area contributed by atoms with E-state index in [9.17, 15) is 9.18 Å². The lowest BCUT2D eigenvalue weighted by molar-refractivity contribution is -0.118. The third-order valence-corrected chi connectivity index (χ3v) is 5.06. The minimum atomic E-state index is -0.328. The van der Waals surface area contributed by atoms with Crippen LogP contribution in [0.1, 0.15) is 16.7 Å². The van der Waals surface area contributed by atoms with E-state index in [4.69, 9.17) is 16.3 Å². The molecule has 1 amide bonds. The van der Waals surface area contributed by atoms with Gasteiger partial charge in [-0.2, -0.15) is 4.80 Å². The Balaban J connectivity index is 1.51. The van der Waals surface area contributed by atoms with Crippen molar-refractivity contribution in [3.63, 3.8) is 0 Å². The normalized spacial score (nSPS) is 11.0. The molecule has 8 heteroatoms. The quantitative estimate of drug-likeness (QED) is 0.467. The molecule has 0 bridgehead atoms. The van der Waals surface area contributed by atoms with Crippen LogP contribution in [0.3, 0.4) is 0 Å². The summed E-state index contributed by atoms with van der Waals surface area (Å²) in [5.74, 6) is -0.146. The zero-order valence-electron chi connectivity index (χ0n) is 17.2. The van der Waals surface area contributed by atoms with Crippen LogP contribution in [-0.4, -0.2) is 27.5 Å². The van der Waals surface area contributed by atoms with Crippen molar-refractivity contribution in [2.75, 3.05) is 11.9 Å². The number of fused-ring (bicyclic) bond motifs is 1. The average Bonchev–Trinajstić information content (AvgIpc) is 3.10. The van der Waals surface area contributed by atoms with Gasteiger partial charge in [0.25, 0.3) is 5.91 Å². The van der Waals surface area contributed by atoms with Crippen LogP contribution in [-0.2, 0) is 4.79 Å². The number of rotatable bonds is 5. The molecule has 3 aromatic carbocycles. The predicted molar refractivity (Wildman–Crippen MR) is 119 cm³/mol. The smallest absolute Gasteiger partial charge is 0.262 e. The molecule has 0 aliphatic rings. The molecule has 0 spiro atoms. The van der Waals surface area contributed by atoms with Gasteiger partial charge >= 0.3 is 0 Å². The lowest BCUT2D eigenvalue weighted by atomic mass is 10.1. The van der Waals surface area contributed by atoms with Crippen molar-refractivity contribution in [3.8, 4) is 11.4 Å². The zero-order valence-corrected chi connectivity index (χ0v) is 18.0. The summed E-state index contributed by atoms with van der Waals surface area (Å²) >= 11 is 6.24. The number of aromatic nitrogens is 3. The van der Waals surface area contributed by atoms with Crippen LogP contribution in [0.2, 0.25) is 5.02 Å². The van der Waals surface area contributed by atoms with Gasteiger partial charge in [0.05, 0.1) is 10.7 Å². The van der Waals surface area contributed by atoms with Gasteiger partial charge in [0.2, 0.25) is 0 Å². The fraction of sp³-hybridized carbons (Fsp3) is 0.174. The highest BCUT2D eigenvalue weighted by molar-refractivity contribution is 6.32. The summed E-state index contributed by atoms with van der Waals surface area (Å²) in [5.41, 5.74) is 5.24. The summed E-state index contributed by atoms with van der Waals surface area (Å²) in [6.07, 6.45) is 0. The third kappa shape index (κ3) is 4.51. The molecule has 158 valence electrons. The first kappa shape index (κ1) is 20.8. The van der Waals surface area contributed by atoms with E-state index < -0.39 is 0 Å². The van der Waals surface area contributed by atoms with Crippen molar-refractivity contribution in [3.05, 3.63) is 76.1 Å². The van der Waals surface area contributed by atoms with Crippen LogP contribution in [0.5, 0.6) is 5.75 Å². The van der Waals surface area contributed by atoms with Crippen molar-refractivity contribution < 1.29 is 13.9 Å². The van der Waals surface area contributed by atoms with Crippen LogP contribution in [0.25, 0.3) is 16.7 Å². The first-order valence-electron chi connectivity index (χ1n) is 9.63. The first-order valence-corrected chi connectivity index (χ1v) is 10.0. The number of ether oxygens (including phenoxy) is 1. The molecule has 31 heavy (non-hydrogen) atoms. The van der Waals surface area contributed by atoms with Crippen molar-refractivity contribution in [1.29, 1.82) is 0 Å². The Morgan fingerprint density at radius 1 is 1.03 bits per heavy atom. The number of carbonyl (C=O) groups excluding carboxylic acids is 1. The van der Waals surface area contributed by atoms with Gasteiger partial charge in [-0.15, -0.1) is 10.2 Å². The Labute approximate surface area is 183 Å². The molecule has 4 rings (SSSR count). The minimum absolute atomic E-state index is 0.177. The summed E-state index contributed by atoms with van der Waals surface area (Å²) in [6.45, 7) is 5.52. The molecule has 4 aromatic rings. The van der Waals surface area contributed by atoms with E-state index in [0.717, 1.165) is 16.7 Å². The Hall–Kier alpha value is -3.45. The second-order valence-electron chi connectivity index (χ2n) is 7.35. The zero-order chi connectivity index (χ0) is 22.1. The van der Waals surface area contributed by atoms with E-state index in [1.165, 1.54) is 16.9 Å². The molecule has 1 heterocycles. The Kier molecular flexibility index (Phi) is 5.61. The molecular formula is C23H20ClFN4O2. The van der Waals surface area contributed by atoms with Gasteiger partial charge in [-0.25, -0.2) is 4.39 Å². The van der Waals surface area contributed by atoms with Crippen molar-refractivity contribution in [2.45, 2.75) is 20.8 Å². The van der Waals surface area contributed by atoms with Gasteiger partial charge in [-0.1, -0.05) is 17.7 Å². The molecule has 0 aliphatic carbocycles. The van der Waals surface area contributed by atoms with Crippen LogP contribution in [0, 0.1) is 26.6 Å². The van der Waals surface area contributed by atoms with E-state index in [0.29, 0.717) is 33.2 Å². The number of aryl methyl sites for hydroxylation is 3. The molecule has 0 saturated carbocycles. The molecule has 0 atom stereocenters. The number of hydrogen-bond acceptors (Lipinski definition) is 4. The van der Waals surface area contributed by atoms with Gasteiger partial charge in [-0.05, 0) is 79.9 Å². The van der Waals surface area contributed by atoms with Gasteiger partial charge in [0.15, 0.2) is 6.61 Å². The predicted octanol–water partition coefficient (Wildman–Crippen LogP) is 5.16. The Bertz CT molecular complexity index is 1260. The molecule has 1 N–H and O–H groups in total. The van der Waals surface area contributed by atoms with Gasteiger partial charge < -0.3 is 10.1 Å². The minimum Gasteiger partial charge on any atom is -0.482 e. The van der Waals surface area contributed by atoms with E-state index in [2.05, 4.69) is 15.5 Å². The molecule has 6 nitrogen and oxygen atoms in total. The van der Waals surface area contributed by atoms with E-state index in [-0.39, 0.29) is 18.3 Å². The number of amides is 1. The van der Waals surface area contributed by atoms with E-state index in [1.54, 1.807) is 24.3 Å². The number of hydrogen-bond donors (Lipinski definition) is 1. The summed E-state index contributed by atoms with van der Waals surface area (Å²) in [5, 5.41) is 12.2. The summed E-state index contributed by atoms with van der Waals surface area (Å²) < 4.78 is 18.8. The maximum atomic E-state index is 13.2. The molecule has 0 aliphatic heterocycles. The third-order valence-electron chi connectivity index (χ3n) is 4.78. The number of anilines is 1. The van der Waals surface area contributed by atoms with Crippen molar-refractivity contribution in [2.24, 2.45) is 0 Å². The Morgan fingerprint density at radius 2 is 1.71 bits per heavy atom. The number of nitrogens with zero attached hydrogens (tertiary/aromatic N) is 3. The molecule has 0 fully saturated rings. The van der Waals surface area contributed by atoms with Gasteiger partial charge in [-0.3, -0.25) is 4.79 Å². The highest BCUT2D eigenvalue weighted by Gasteiger charge is 2.13. The monoisotopic (exact) mass is 438 g/mol. The SMILES string of the molecule is Cc1cc(C)c(OCC(=O)Nc2cc3nn(-c4ccc(F)cc4)nc3cc2C)c(Cl)c1. The fourth-order valence-electron chi connectivity index (χ4n) is 3.30. The van der Waals surface area contributed by atoms with Gasteiger partial charge in [0.1, 0.15) is 22.6 Å². The number of benzene rings is 3. The largest absolute Gasteiger partial charge is 0.482 e. The highest BCUT2D eigenvalue weighted by atomic mass is 35.5. The summed E-state index contributed by atoms with van der Waals surface area (Å²) in [4.78, 5) is 13.9. The second kappa shape index (κ2) is 8.35. The topological polar surface area (TPSA) is 69.0 Å². The second-order valence-corrected chi connectivity index (χ2v) is 7.76. The molecule has 0 radical (unpaired) electrons. The highest BCUT2D eigenvalue weighted by Crippen LogP contribution is 2.30. The summed E-state index contributed by atoms with van der Waals surface area (Å²) in [6, 6.07) is 13.2. The lowest BCUT2D eigenvalue weighted by Gasteiger charge is -2.13. The lowest BCUT2D eigenvalue weighted by Crippen LogP contribution is -2.21. The Morgan fingerprint density at radius 3 is 2.39 bits per heavy atom. The number of nitrogens with one attached hydrogen (secondary N) is 1. The van der Waals surface area contributed by atoms with Crippen LogP contribution in [0.15, 0.2) is 48.5 Å². The van der Waals surface area contributed by atoms with Crippen LogP contribution < -0.4 is 10.1 Å². The average molecular weight is 439 g/mol. The van der Waals surface area contributed by atoms with E-state index in [1.807, 2.05) is 32.9 Å². The standard InChI is InChI=1S/C23H20ClFN4O2/c1-13-8-15(3)23(18(24)9-13)31-12-22(30)26-19-11-21-20(10-14(19)2)27-29(28-21)17-6-4-16(25)5-7-17/h4-11H,12H2,1-3H3,(H,26,30). The van der Waals surface area contributed by atoms with Crippen molar-refractivity contribution >= 4 is 34.2 Å². The van der Waals surface area contributed by atoms with Crippen LogP contribution in [0.4, 0.5) is 10.1 Å². The van der Waals surface area contributed by atoms with Crippen LogP contribution >= 0.6 is 11.6 Å². The molecule has 1 aromatic heterocycles.